The first-order chi connectivity index (χ1) is 12.7. The molecule has 27 heavy (non-hydrogen) atoms. The Labute approximate surface area is 153 Å². The summed E-state index contributed by atoms with van der Waals surface area (Å²) in [5.74, 6) is -4.13. The third-order valence-corrected chi connectivity index (χ3v) is 3.68. The van der Waals surface area contributed by atoms with Crippen LogP contribution in [-0.4, -0.2) is 41.6 Å². The normalized spacial score (nSPS) is 12.1. The van der Waals surface area contributed by atoms with Gasteiger partial charge in [-0.1, -0.05) is 12.1 Å². The largest absolute Gasteiger partial charge is 0.496 e. The van der Waals surface area contributed by atoms with Crippen LogP contribution in [0.4, 0.5) is 17.6 Å². The summed E-state index contributed by atoms with van der Waals surface area (Å²) in [5, 5.41) is 3.91. The number of hydrogen-bond donors (Lipinski definition) is 0. The van der Waals surface area contributed by atoms with Crippen molar-refractivity contribution in [2.24, 2.45) is 7.05 Å². The summed E-state index contributed by atoms with van der Waals surface area (Å²) >= 11 is 0. The Balaban J connectivity index is 2.09. The van der Waals surface area contributed by atoms with E-state index in [1.807, 2.05) is 0 Å². The van der Waals surface area contributed by atoms with Crippen LogP contribution >= 0.6 is 0 Å². The molecule has 2 rings (SSSR count). The Kier molecular flexibility index (Phi) is 6.73. The highest BCUT2D eigenvalue weighted by molar-refractivity contribution is 6.05. The van der Waals surface area contributed by atoms with E-state index in [4.69, 9.17) is 9.47 Å². The number of carbonyl (C=O) groups is 1. The molecule has 0 amide bonds. The van der Waals surface area contributed by atoms with Crippen LogP contribution in [0.2, 0.25) is 0 Å². The molecule has 1 aromatic heterocycles. The number of nitrogens with zero attached hydrogens (tertiary/aromatic N) is 2. The van der Waals surface area contributed by atoms with Gasteiger partial charge in [0.05, 0.1) is 13.7 Å². The van der Waals surface area contributed by atoms with Crippen LogP contribution in [0, 0.1) is 0 Å². The summed E-state index contributed by atoms with van der Waals surface area (Å²) in [5.41, 5.74) is 1.38. The van der Waals surface area contributed by atoms with Crippen molar-refractivity contribution in [3.8, 4) is 5.75 Å². The molecule has 0 aliphatic rings. The molecule has 1 heterocycles. The van der Waals surface area contributed by atoms with Crippen LogP contribution in [-0.2, 0) is 18.4 Å². The van der Waals surface area contributed by atoms with E-state index in [2.05, 4.69) is 5.10 Å². The minimum atomic E-state index is -4.22. The van der Waals surface area contributed by atoms with E-state index >= 15 is 0 Å². The molecule has 5 nitrogen and oxygen atoms in total. The number of alkyl halides is 4. The van der Waals surface area contributed by atoms with Crippen molar-refractivity contribution in [2.45, 2.75) is 19.0 Å². The molecule has 0 atom stereocenters. The van der Waals surface area contributed by atoms with Crippen molar-refractivity contribution < 1.29 is 31.8 Å². The van der Waals surface area contributed by atoms with Crippen LogP contribution in [0.3, 0.4) is 0 Å². The van der Waals surface area contributed by atoms with Crippen LogP contribution in [0.5, 0.6) is 5.75 Å². The standard InChI is InChI=1S/C18H18F4N2O3/c1-24-14(7-8-23-24)15(25)5-3-12-4-6-16(26-2)13(9-12)10-27-11-18(21,22)17(19)20/h3-9,17H,10-11H2,1-2H3/b5-3+. The number of benzene rings is 1. The molecule has 0 saturated carbocycles. The second-order valence-electron chi connectivity index (χ2n) is 5.66. The van der Waals surface area contributed by atoms with Gasteiger partial charge >= 0.3 is 12.3 Å². The molecule has 0 radical (unpaired) electrons. The number of rotatable bonds is 9. The Morgan fingerprint density at radius 1 is 1.33 bits per heavy atom. The van der Waals surface area contributed by atoms with E-state index in [9.17, 15) is 22.4 Å². The summed E-state index contributed by atoms with van der Waals surface area (Å²) in [6, 6.07) is 6.36. The monoisotopic (exact) mass is 386 g/mol. The molecular weight excluding hydrogens is 368 g/mol. The number of carbonyl (C=O) groups excluding carboxylic acids is 1. The molecule has 146 valence electrons. The molecule has 0 unspecified atom stereocenters. The van der Waals surface area contributed by atoms with Crippen LogP contribution in [0.25, 0.3) is 6.08 Å². The maximum Gasteiger partial charge on any atom is 0.330 e. The predicted molar refractivity (Wildman–Crippen MR) is 90.2 cm³/mol. The van der Waals surface area contributed by atoms with Crippen LogP contribution in [0.1, 0.15) is 21.6 Å². The number of methoxy groups -OCH3 is 1. The van der Waals surface area contributed by atoms with E-state index in [0.717, 1.165) is 0 Å². The summed E-state index contributed by atoms with van der Waals surface area (Å²) in [6.07, 6.45) is 0.575. The molecule has 0 N–H and O–H groups in total. The Morgan fingerprint density at radius 3 is 2.67 bits per heavy atom. The molecule has 0 aliphatic heterocycles. The maximum absolute atomic E-state index is 12.9. The number of ether oxygens (including phenoxy) is 2. The zero-order chi connectivity index (χ0) is 20.0. The second kappa shape index (κ2) is 8.81. The average Bonchev–Trinajstić information content (AvgIpc) is 3.05. The number of hydrogen-bond acceptors (Lipinski definition) is 4. The van der Waals surface area contributed by atoms with Gasteiger partial charge in [0.15, 0.2) is 0 Å². The second-order valence-corrected chi connectivity index (χ2v) is 5.66. The topological polar surface area (TPSA) is 53.3 Å². The Morgan fingerprint density at radius 2 is 2.07 bits per heavy atom. The molecule has 9 heteroatoms. The molecular formula is C18H18F4N2O3. The van der Waals surface area contributed by atoms with Crippen molar-refractivity contribution in [3.05, 3.63) is 53.4 Å². The van der Waals surface area contributed by atoms with E-state index in [1.165, 1.54) is 30.1 Å². The minimum Gasteiger partial charge on any atom is -0.496 e. The van der Waals surface area contributed by atoms with Crippen LogP contribution < -0.4 is 4.74 Å². The highest BCUT2D eigenvalue weighted by atomic mass is 19.3. The van der Waals surface area contributed by atoms with Crippen molar-refractivity contribution in [1.29, 1.82) is 0 Å². The van der Waals surface area contributed by atoms with Gasteiger partial charge in [0.1, 0.15) is 18.1 Å². The summed E-state index contributed by atoms with van der Waals surface area (Å²) in [6.45, 7) is -1.75. The Bertz CT molecular complexity index is 819. The summed E-state index contributed by atoms with van der Waals surface area (Å²) in [7, 11) is 3.02. The van der Waals surface area contributed by atoms with Gasteiger partial charge in [-0.25, -0.2) is 8.78 Å². The van der Waals surface area contributed by atoms with Crippen LogP contribution in [0.15, 0.2) is 36.5 Å². The lowest BCUT2D eigenvalue weighted by molar-refractivity contribution is -0.168. The van der Waals surface area contributed by atoms with E-state index in [0.29, 0.717) is 22.6 Å². The molecule has 2 aromatic rings. The SMILES string of the molecule is COc1ccc(/C=C/C(=O)c2ccnn2C)cc1COCC(F)(F)C(F)F. The van der Waals surface area contributed by atoms with Crippen molar-refractivity contribution in [3.63, 3.8) is 0 Å². The number of aryl methyl sites for hydroxylation is 1. The fourth-order valence-corrected chi connectivity index (χ4v) is 2.25. The number of halogens is 4. The Hall–Kier alpha value is -2.68. The highest BCUT2D eigenvalue weighted by Gasteiger charge is 2.40. The zero-order valence-electron chi connectivity index (χ0n) is 14.7. The predicted octanol–water partition coefficient (Wildman–Crippen LogP) is 3.74. The highest BCUT2D eigenvalue weighted by Crippen LogP contribution is 2.25. The lowest BCUT2D eigenvalue weighted by Crippen LogP contribution is -2.32. The van der Waals surface area contributed by atoms with Gasteiger partial charge in [0, 0.05) is 18.8 Å². The fourth-order valence-electron chi connectivity index (χ4n) is 2.25. The molecule has 0 fully saturated rings. The summed E-state index contributed by atoms with van der Waals surface area (Å²) in [4.78, 5) is 12.1. The van der Waals surface area contributed by atoms with Gasteiger partial charge in [-0.2, -0.15) is 13.9 Å². The third-order valence-electron chi connectivity index (χ3n) is 3.68. The first-order valence-electron chi connectivity index (χ1n) is 7.85. The minimum absolute atomic E-state index is 0.264. The molecule has 0 spiro atoms. The molecule has 0 aliphatic carbocycles. The first kappa shape index (κ1) is 20.6. The third kappa shape index (κ3) is 5.40. The van der Waals surface area contributed by atoms with Gasteiger partial charge < -0.3 is 9.47 Å². The van der Waals surface area contributed by atoms with Crippen molar-refractivity contribution >= 4 is 11.9 Å². The quantitative estimate of drug-likeness (QED) is 0.374. The van der Waals surface area contributed by atoms with E-state index in [1.54, 1.807) is 31.3 Å². The van der Waals surface area contributed by atoms with Gasteiger partial charge in [0.2, 0.25) is 5.78 Å². The average molecular weight is 386 g/mol. The first-order valence-corrected chi connectivity index (χ1v) is 7.85. The van der Waals surface area contributed by atoms with E-state index in [-0.39, 0.29) is 12.4 Å². The van der Waals surface area contributed by atoms with Crippen molar-refractivity contribution in [1.82, 2.24) is 9.78 Å². The van der Waals surface area contributed by atoms with Gasteiger partial charge in [-0.15, -0.1) is 0 Å². The van der Waals surface area contributed by atoms with Gasteiger partial charge in [-0.3, -0.25) is 9.48 Å². The van der Waals surface area contributed by atoms with E-state index < -0.39 is 19.0 Å². The smallest absolute Gasteiger partial charge is 0.330 e. The maximum atomic E-state index is 12.9. The van der Waals surface area contributed by atoms with Gasteiger partial charge in [0.25, 0.3) is 0 Å². The van der Waals surface area contributed by atoms with Crippen molar-refractivity contribution in [2.75, 3.05) is 13.7 Å². The lowest BCUT2D eigenvalue weighted by atomic mass is 10.1. The summed E-state index contributed by atoms with van der Waals surface area (Å²) < 4.78 is 61.5. The number of allylic oxidation sites excluding steroid dienone is 1. The number of aromatic nitrogens is 2. The lowest BCUT2D eigenvalue weighted by Gasteiger charge is -2.16. The fraction of sp³-hybridized carbons (Fsp3) is 0.333. The zero-order valence-corrected chi connectivity index (χ0v) is 14.7. The number of ketones is 1. The molecule has 1 aromatic carbocycles. The molecule has 0 bridgehead atoms. The van der Waals surface area contributed by atoms with Gasteiger partial charge in [-0.05, 0) is 29.8 Å². The molecule has 0 saturated heterocycles.